The number of aryl methyl sites for hydroxylation is 2. The van der Waals surface area contributed by atoms with Crippen LogP contribution in [-0.2, 0) is 19.9 Å². The van der Waals surface area contributed by atoms with Gasteiger partial charge < -0.3 is 5.32 Å². The minimum absolute atomic E-state index is 0.574. The number of rotatable bonds is 7. The van der Waals surface area contributed by atoms with Crippen molar-refractivity contribution >= 4 is 0 Å². The number of aromatic nitrogens is 2. The first-order valence-corrected chi connectivity index (χ1v) is 6.87. The Morgan fingerprint density at radius 1 is 1.35 bits per heavy atom. The molecule has 1 N–H and O–H groups in total. The summed E-state index contributed by atoms with van der Waals surface area (Å²) in [5.74, 6) is 0.690. The molecule has 0 aliphatic rings. The highest BCUT2D eigenvalue weighted by Crippen LogP contribution is 2.17. The Kier molecular flexibility index (Phi) is 5.69. The summed E-state index contributed by atoms with van der Waals surface area (Å²) in [6.45, 7) is 9.93. The molecule has 17 heavy (non-hydrogen) atoms. The summed E-state index contributed by atoms with van der Waals surface area (Å²) in [6, 6.07) is 2.83. The largest absolute Gasteiger partial charge is 0.314 e. The predicted octanol–water partition coefficient (Wildman–Crippen LogP) is 2.55. The minimum Gasteiger partial charge on any atom is -0.314 e. The maximum absolute atomic E-state index is 4.52. The van der Waals surface area contributed by atoms with Gasteiger partial charge in [0, 0.05) is 18.8 Å². The van der Waals surface area contributed by atoms with Crippen LogP contribution in [0.1, 0.15) is 45.5 Å². The van der Waals surface area contributed by atoms with E-state index in [1.807, 2.05) is 4.68 Å². The summed E-state index contributed by atoms with van der Waals surface area (Å²) in [7, 11) is 2.05. The third-order valence-electron chi connectivity index (χ3n) is 3.62. The molecule has 1 rings (SSSR count). The molecule has 0 aromatic carbocycles. The summed E-state index contributed by atoms with van der Waals surface area (Å²) >= 11 is 0. The third-order valence-corrected chi connectivity index (χ3v) is 3.62. The van der Waals surface area contributed by atoms with E-state index in [1.165, 1.54) is 17.8 Å². The van der Waals surface area contributed by atoms with Crippen molar-refractivity contribution in [1.82, 2.24) is 15.1 Å². The molecule has 1 heterocycles. The van der Waals surface area contributed by atoms with Gasteiger partial charge in [-0.15, -0.1) is 0 Å². The Labute approximate surface area is 106 Å². The van der Waals surface area contributed by atoms with Gasteiger partial charge in [-0.3, -0.25) is 4.68 Å². The summed E-state index contributed by atoms with van der Waals surface area (Å²) in [4.78, 5) is 0. The molecule has 98 valence electrons. The molecular formula is C14H27N3. The van der Waals surface area contributed by atoms with Gasteiger partial charge in [0.05, 0.1) is 5.69 Å². The number of hydrogen-bond acceptors (Lipinski definition) is 2. The van der Waals surface area contributed by atoms with E-state index in [2.05, 4.69) is 51.2 Å². The summed E-state index contributed by atoms with van der Waals surface area (Å²) in [5.41, 5.74) is 2.56. The van der Waals surface area contributed by atoms with Gasteiger partial charge in [-0.25, -0.2) is 0 Å². The average Bonchev–Trinajstić information content (AvgIpc) is 2.67. The molecule has 0 fully saturated rings. The van der Waals surface area contributed by atoms with E-state index in [1.54, 1.807) is 0 Å². The zero-order valence-electron chi connectivity index (χ0n) is 12.0. The fourth-order valence-electron chi connectivity index (χ4n) is 2.37. The van der Waals surface area contributed by atoms with E-state index >= 15 is 0 Å². The molecule has 3 heteroatoms. The van der Waals surface area contributed by atoms with Crippen molar-refractivity contribution in [2.75, 3.05) is 6.54 Å². The van der Waals surface area contributed by atoms with Gasteiger partial charge in [-0.1, -0.05) is 27.2 Å². The number of hydrogen-bond donors (Lipinski definition) is 1. The van der Waals surface area contributed by atoms with Crippen LogP contribution in [0.2, 0.25) is 0 Å². The van der Waals surface area contributed by atoms with Crippen molar-refractivity contribution in [3.8, 4) is 0 Å². The Hall–Kier alpha value is -0.830. The Balaban J connectivity index is 2.69. The van der Waals surface area contributed by atoms with Gasteiger partial charge in [0.15, 0.2) is 0 Å². The molecule has 0 bridgehead atoms. The molecule has 0 saturated carbocycles. The fraction of sp³-hybridized carbons (Fsp3) is 0.786. The highest BCUT2D eigenvalue weighted by atomic mass is 15.3. The molecule has 0 amide bonds. The third kappa shape index (κ3) is 3.84. The van der Waals surface area contributed by atoms with Crippen LogP contribution < -0.4 is 5.32 Å². The monoisotopic (exact) mass is 237 g/mol. The van der Waals surface area contributed by atoms with Gasteiger partial charge in [-0.05, 0) is 38.3 Å². The van der Waals surface area contributed by atoms with Crippen LogP contribution in [0.25, 0.3) is 0 Å². The van der Waals surface area contributed by atoms with Gasteiger partial charge in [0.1, 0.15) is 0 Å². The average molecular weight is 237 g/mol. The van der Waals surface area contributed by atoms with Crippen LogP contribution in [-0.4, -0.2) is 22.4 Å². The van der Waals surface area contributed by atoms with Crippen molar-refractivity contribution in [1.29, 1.82) is 0 Å². The lowest BCUT2D eigenvalue weighted by Gasteiger charge is -2.23. The van der Waals surface area contributed by atoms with Crippen LogP contribution in [0.5, 0.6) is 0 Å². The Bertz CT molecular complexity index is 330. The van der Waals surface area contributed by atoms with E-state index in [-0.39, 0.29) is 0 Å². The summed E-state index contributed by atoms with van der Waals surface area (Å²) in [5, 5.41) is 8.05. The first-order valence-electron chi connectivity index (χ1n) is 6.87. The molecule has 0 spiro atoms. The lowest BCUT2D eigenvalue weighted by Crippen LogP contribution is -2.34. The zero-order chi connectivity index (χ0) is 12.8. The highest BCUT2D eigenvalue weighted by Gasteiger charge is 2.17. The Morgan fingerprint density at radius 3 is 2.53 bits per heavy atom. The van der Waals surface area contributed by atoms with E-state index in [0.29, 0.717) is 12.0 Å². The molecule has 0 aliphatic carbocycles. The summed E-state index contributed by atoms with van der Waals surface area (Å²) in [6.07, 6.45) is 3.35. The first kappa shape index (κ1) is 14.2. The van der Waals surface area contributed by atoms with Gasteiger partial charge in [-0.2, -0.15) is 5.10 Å². The molecule has 0 aliphatic heterocycles. The molecule has 0 saturated heterocycles. The maximum atomic E-state index is 4.52. The van der Waals surface area contributed by atoms with Crippen molar-refractivity contribution in [2.24, 2.45) is 13.0 Å². The normalized spacial score (nSPS) is 14.9. The Morgan fingerprint density at radius 2 is 2.06 bits per heavy atom. The quantitative estimate of drug-likeness (QED) is 0.790. The second-order valence-electron chi connectivity index (χ2n) is 4.82. The van der Waals surface area contributed by atoms with Crippen LogP contribution in [0.3, 0.4) is 0 Å². The van der Waals surface area contributed by atoms with E-state index in [9.17, 15) is 0 Å². The first-order chi connectivity index (χ1) is 8.12. The molecular weight excluding hydrogens is 210 g/mol. The molecule has 1 aromatic heterocycles. The molecule has 1 aromatic rings. The highest BCUT2D eigenvalue weighted by molar-refractivity contribution is 5.11. The number of nitrogens with one attached hydrogen (secondary N) is 1. The summed E-state index contributed by atoms with van der Waals surface area (Å²) < 4.78 is 2.04. The smallest absolute Gasteiger partial charge is 0.0624 e. The van der Waals surface area contributed by atoms with Crippen LogP contribution in [0.4, 0.5) is 0 Å². The lowest BCUT2D eigenvalue weighted by atomic mass is 9.93. The van der Waals surface area contributed by atoms with E-state index < -0.39 is 0 Å². The van der Waals surface area contributed by atoms with Crippen LogP contribution in [0, 0.1) is 5.92 Å². The fourth-order valence-corrected chi connectivity index (χ4v) is 2.37. The predicted molar refractivity (Wildman–Crippen MR) is 73.2 cm³/mol. The van der Waals surface area contributed by atoms with E-state index in [4.69, 9.17) is 0 Å². The van der Waals surface area contributed by atoms with Crippen molar-refractivity contribution in [3.05, 3.63) is 17.5 Å². The van der Waals surface area contributed by atoms with Gasteiger partial charge in [0.2, 0.25) is 0 Å². The molecule has 3 nitrogen and oxygen atoms in total. The van der Waals surface area contributed by atoms with Crippen molar-refractivity contribution in [3.63, 3.8) is 0 Å². The topological polar surface area (TPSA) is 29.9 Å². The van der Waals surface area contributed by atoms with E-state index in [0.717, 1.165) is 19.4 Å². The van der Waals surface area contributed by atoms with Crippen molar-refractivity contribution in [2.45, 2.75) is 53.0 Å². The molecule has 2 atom stereocenters. The number of nitrogens with zero attached hydrogens (tertiary/aromatic N) is 2. The van der Waals surface area contributed by atoms with Crippen LogP contribution >= 0.6 is 0 Å². The second kappa shape index (κ2) is 6.80. The SMILES string of the molecule is CCNC(C)C(CC)Cc1cc(CC)nn1C. The lowest BCUT2D eigenvalue weighted by molar-refractivity contribution is 0.361. The molecule has 2 unspecified atom stereocenters. The maximum Gasteiger partial charge on any atom is 0.0624 e. The standard InChI is InChI=1S/C14H27N3/c1-6-12(11(4)15-8-3)9-14-10-13(7-2)16-17(14)5/h10-12,15H,6-9H2,1-5H3. The second-order valence-corrected chi connectivity index (χ2v) is 4.82. The van der Waals surface area contributed by atoms with Gasteiger partial charge in [0.25, 0.3) is 0 Å². The van der Waals surface area contributed by atoms with Gasteiger partial charge >= 0.3 is 0 Å². The van der Waals surface area contributed by atoms with Crippen molar-refractivity contribution < 1.29 is 0 Å². The van der Waals surface area contributed by atoms with Crippen LogP contribution in [0.15, 0.2) is 6.07 Å². The molecule has 0 radical (unpaired) electrons. The minimum atomic E-state index is 0.574. The zero-order valence-corrected chi connectivity index (χ0v) is 12.0.